The highest BCUT2D eigenvalue weighted by Gasteiger charge is 2.14. The van der Waals surface area contributed by atoms with Crippen LogP contribution in [-0.2, 0) is 4.79 Å². The molecule has 0 radical (unpaired) electrons. The van der Waals surface area contributed by atoms with Crippen molar-refractivity contribution >= 4 is 16.7 Å². The van der Waals surface area contributed by atoms with E-state index in [0.717, 1.165) is 0 Å². The Balaban J connectivity index is 2.55. The highest BCUT2D eigenvalue weighted by Crippen LogP contribution is 2.26. The maximum atomic E-state index is 13.5. The molecule has 0 aliphatic heterocycles. The van der Waals surface area contributed by atoms with Crippen molar-refractivity contribution in [3.63, 3.8) is 0 Å². The van der Waals surface area contributed by atoms with E-state index < -0.39 is 12.0 Å². The molecule has 3 nitrogen and oxygen atoms in total. The van der Waals surface area contributed by atoms with Gasteiger partial charge in [0.25, 0.3) is 0 Å². The molecule has 0 heterocycles. The zero-order valence-corrected chi connectivity index (χ0v) is 9.06. The summed E-state index contributed by atoms with van der Waals surface area (Å²) in [5.74, 6) is -1.29. The molecule has 0 aliphatic rings. The Morgan fingerprint density at radius 2 is 1.88 bits per heavy atom. The molecule has 0 aliphatic carbocycles. The van der Waals surface area contributed by atoms with Gasteiger partial charge in [-0.15, -0.1) is 0 Å². The SMILES string of the molecule is N[C@H](CC(=O)O)c1ccc(F)c2ccccc12. The van der Waals surface area contributed by atoms with E-state index >= 15 is 0 Å². The van der Waals surface area contributed by atoms with E-state index in [-0.39, 0.29) is 12.2 Å². The number of carboxylic acid groups (broad SMARTS) is 1. The molecular formula is C13H12FNO2. The number of halogens is 1. The molecule has 88 valence electrons. The van der Waals surface area contributed by atoms with Crippen molar-refractivity contribution in [2.45, 2.75) is 12.5 Å². The van der Waals surface area contributed by atoms with Gasteiger partial charge < -0.3 is 10.8 Å². The van der Waals surface area contributed by atoms with Gasteiger partial charge in [0.15, 0.2) is 0 Å². The van der Waals surface area contributed by atoms with Crippen molar-refractivity contribution in [2.24, 2.45) is 5.73 Å². The van der Waals surface area contributed by atoms with Gasteiger partial charge in [-0.25, -0.2) is 4.39 Å². The summed E-state index contributed by atoms with van der Waals surface area (Å²) in [6.45, 7) is 0. The van der Waals surface area contributed by atoms with Crippen LogP contribution in [-0.4, -0.2) is 11.1 Å². The average molecular weight is 233 g/mol. The van der Waals surface area contributed by atoms with Gasteiger partial charge in [-0.3, -0.25) is 4.79 Å². The zero-order chi connectivity index (χ0) is 12.4. The second-order valence-electron chi connectivity index (χ2n) is 3.89. The lowest BCUT2D eigenvalue weighted by Crippen LogP contribution is -2.15. The molecule has 0 bridgehead atoms. The topological polar surface area (TPSA) is 63.3 Å². The van der Waals surface area contributed by atoms with Crippen molar-refractivity contribution in [3.05, 3.63) is 47.8 Å². The van der Waals surface area contributed by atoms with Crippen LogP contribution in [0, 0.1) is 5.82 Å². The molecule has 0 saturated heterocycles. The predicted molar refractivity (Wildman–Crippen MR) is 63.1 cm³/mol. The summed E-state index contributed by atoms with van der Waals surface area (Å²) in [6, 6.07) is 9.15. The zero-order valence-electron chi connectivity index (χ0n) is 9.06. The number of carboxylic acids is 1. The molecule has 0 amide bonds. The number of fused-ring (bicyclic) bond motifs is 1. The lowest BCUT2D eigenvalue weighted by Gasteiger charge is -2.13. The van der Waals surface area contributed by atoms with Crippen LogP contribution in [0.2, 0.25) is 0 Å². The van der Waals surface area contributed by atoms with Gasteiger partial charge in [0.1, 0.15) is 5.82 Å². The molecular weight excluding hydrogens is 221 g/mol. The molecule has 17 heavy (non-hydrogen) atoms. The Morgan fingerprint density at radius 3 is 2.53 bits per heavy atom. The van der Waals surface area contributed by atoms with Gasteiger partial charge in [-0.05, 0) is 17.0 Å². The summed E-state index contributed by atoms with van der Waals surface area (Å²) < 4.78 is 13.5. The van der Waals surface area contributed by atoms with Crippen molar-refractivity contribution in [2.75, 3.05) is 0 Å². The van der Waals surface area contributed by atoms with Gasteiger partial charge in [-0.1, -0.05) is 30.3 Å². The minimum Gasteiger partial charge on any atom is -0.481 e. The van der Waals surface area contributed by atoms with Crippen LogP contribution < -0.4 is 5.73 Å². The minimum absolute atomic E-state index is 0.171. The third kappa shape index (κ3) is 2.26. The molecule has 3 N–H and O–H groups in total. The third-order valence-corrected chi connectivity index (χ3v) is 2.70. The molecule has 0 saturated carbocycles. The number of nitrogens with two attached hydrogens (primary N) is 1. The molecule has 0 spiro atoms. The van der Waals surface area contributed by atoms with Crippen LogP contribution in [0.25, 0.3) is 10.8 Å². The van der Waals surface area contributed by atoms with E-state index in [1.165, 1.54) is 6.07 Å². The normalized spacial score (nSPS) is 12.6. The summed E-state index contributed by atoms with van der Waals surface area (Å²) in [5.41, 5.74) is 6.47. The fourth-order valence-electron chi connectivity index (χ4n) is 1.91. The Hall–Kier alpha value is -1.94. The molecule has 4 heteroatoms. The molecule has 0 unspecified atom stereocenters. The summed E-state index contributed by atoms with van der Waals surface area (Å²) in [6.07, 6.45) is -0.171. The summed E-state index contributed by atoms with van der Waals surface area (Å²) in [4.78, 5) is 10.6. The summed E-state index contributed by atoms with van der Waals surface area (Å²) in [5, 5.41) is 9.85. The maximum Gasteiger partial charge on any atom is 0.305 e. The van der Waals surface area contributed by atoms with Crippen LogP contribution in [0.1, 0.15) is 18.0 Å². The number of benzene rings is 2. The second-order valence-corrected chi connectivity index (χ2v) is 3.89. The van der Waals surface area contributed by atoms with Gasteiger partial charge in [0.2, 0.25) is 0 Å². The first-order valence-corrected chi connectivity index (χ1v) is 5.24. The monoisotopic (exact) mass is 233 g/mol. The fraction of sp³-hybridized carbons (Fsp3) is 0.154. The standard InChI is InChI=1S/C13H12FNO2/c14-11-6-5-10(12(15)7-13(16)17)8-3-1-2-4-9(8)11/h1-6,12H,7,15H2,(H,16,17)/t12-/m1/s1. The van der Waals surface area contributed by atoms with E-state index in [2.05, 4.69) is 0 Å². The lowest BCUT2D eigenvalue weighted by atomic mass is 9.97. The maximum absolute atomic E-state index is 13.5. The van der Waals surface area contributed by atoms with Gasteiger partial charge >= 0.3 is 5.97 Å². The van der Waals surface area contributed by atoms with Crippen molar-refractivity contribution in [3.8, 4) is 0 Å². The number of hydrogen-bond acceptors (Lipinski definition) is 2. The largest absolute Gasteiger partial charge is 0.481 e. The smallest absolute Gasteiger partial charge is 0.305 e. The van der Waals surface area contributed by atoms with Crippen LogP contribution >= 0.6 is 0 Å². The molecule has 1 atom stereocenters. The predicted octanol–water partition coefficient (Wildman–Crippen LogP) is 2.45. The Labute approximate surface area is 97.7 Å². The number of aliphatic carboxylic acids is 1. The Bertz CT molecular complexity index is 568. The van der Waals surface area contributed by atoms with Gasteiger partial charge in [-0.2, -0.15) is 0 Å². The van der Waals surface area contributed by atoms with Crippen molar-refractivity contribution in [1.82, 2.24) is 0 Å². The first-order valence-electron chi connectivity index (χ1n) is 5.24. The van der Waals surface area contributed by atoms with E-state index in [4.69, 9.17) is 10.8 Å². The molecule has 2 aromatic rings. The van der Waals surface area contributed by atoms with Crippen LogP contribution in [0.4, 0.5) is 4.39 Å². The highest BCUT2D eigenvalue weighted by molar-refractivity contribution is 5.87. The molecule has 0 fully saturated rings. The number of hydrogen-bond donors (Lipinski definition) is 2. The van der Waals surface area contributed by atoms with Crippen LogP contribution in [0.5, 0.6) is 0 Å². The van der Waals surface area contributed by atoms with E-state index in [9.17, 15) is 9.18 Å². The Kier molecular flexibility index (Phi) is 3.06. The molecule has 2 aromatic carbocycles. The highest BCUT2D eigenvalue weighted by atomic mass is 19.1. The van der Waals surface area contributed by atoms with E-state index in [0.29, 0.717) is 16.3 Å². The van der Waals surface area contributed by atoms with E-state index in [1.807, 2.05) is 0 Å². The summed E-state index contributed by atoms with van der Waals surface area (Å²) >= 11 is 0. The molecule has 0 aromatic heterocycles. The average Bonchev–Trinajstić information content (AvgIpc) is 2.29. The third-order valence-electron chi connectivity index (χ3n) is 2.70. The lowest BCUT2D eigenvalue weighted by molar-refractivity contribution is -0.137. The van der Waals surface area contributed by atoms with Crippen molar-refractivity contribution < 1.29 is 14.3 Å². The number of carbonyl (C=O) groups is 1. The molecule has 2 rings (SSSR count). The first kappa shape index (κ1) is 11.5. The van der Waals surface area contributed by atoms with Gasteiger partial charge in [0, 0.05) is 11.4 Å². The quantitative estimate of drug-likeness (QED) is 0.855. The van der Waals surface area contributed by atoms with Crippen molar-refractivity contribution in [1.29, 1.82) is 0 Å². The number of rotatable bonds is 3. The van der Waals surface area contributed by atoms with Gasteiger partial charge in [0.05, 0.1) is 6.42 Å². The Morgan fingerprint density at radius 1 is 1.24 bits per heavy atom. The van der Waals surface area contributed by atoms with Crippen LogP contribution in [0.3, 0.4) is 0 Å². The van der Waals surface area contributed by atoms with Crippen LogP contribution in [0.15, 0.2) is 36.4 Å². The fourth-order valence-corrected chi connectivity index (χ4v) is 1.91. The minimum atomic E-state index is -0.967. The first-order chi connectivity index (χ1) is 8.09. The van der Waals surface area contributed by atoms with E-state index in [1.54, 1.807) is 30.3 Å². The second kappa shape index (κ2) is 4.51. The summed E-state index contributed by atoms with van der Waals surface area (Å²) in [7, 11) is 0.